The molecule has 1 heterocycles. The van der Waals surface area contributed by atoms with Crippen LogP contribution in [0.15, 0.2) is 42.6 Å². The standard InChI is InChI=1S/C16H21N3/c1-3-18-15(10-13-7-5-4-6-8-13)14-9-12(2)11-19-16(14)17/h4-9,11,15,18H,3,10H2,1-2H3,(H2,17,19). The van der Waals surface area contributed by atoms with E-state index < -0.39 is 0 Å². The Balaban J connectivity index is 2.27. The zero-order valence-electron chi connectivity index (χ0n) is 11.6. The molecule has 100 valence electrons. The number of nitrogens with zero attached hydrogens (tertiary/aromatic N) is 1. The molecule has 0 fully saturated rings. The quantitative estimate of drug-likeness (QED) is 0.863. The van der Waals surface area contributed by atoms with E-state index in [2.05, 4.69) is 47.6 Å². The van der Waals surface area contributed by atoms with Gasteiger partial charge in [0.25, 0.3) is 0 Å². The summed E-state index contributed by atoms with van der Waals surface area (Å²) >= 11 is 0. The van der Waals surface area contributed by atoms with Crippen molar-refractivity contribution in [3.63, 3.8) is 0 Å². The zero-order chi connectivity index (χ0) is 13.7. The molecule has 0 aliphatic heterocycles. The van der Waals surface area contributed by atoms with Crippen molar-refractivity contribution in [1.82, 2.24) is 10.3 Å². The smallest absolute Gasteiger partial charge is 0.128 e. The van der Waals surface area contributed by atoms with Crippen LogP contribution in [0, 0.1) is 6.92 Å². The molecule has 0 aliphatic rings. The van der Waals surface area contributed by atoms with Crippen molar-refractivity contribution < 1.29 is 0 Å². The minimum atomic E-state index is 0.208. The lowest BCUT2D eigenvalue weighted by Crippen LogP contribution is -2.24. The van der Waals surface area contributed by atoms with Gasteiger partial charge in [0.2, 0.25) is 0 Å². The predicted molar refractivity (Wildman–Crippen MR) is 80.0 cm³/mol. The van der Waals surface area contributed by atoms with Gasteiger partial charge in [-0.3, -0.25) is 0 Å². The van der Waals surface area contributed by atoms with E-state index in [0.29, 0.717) is 5.82 Å². The second-order valence-corrected chi connectivity index (χ2v) is 4.79. The molecule has 1 unspecified atom stereocenters. The van der Waals surface area contributed by atoms with Crippen LogP contribution in [-0.2, 0) is 6.42 Å². The molecule has 3 nitrogen and oxygen atoms in total. The highest BCUT2D eigenvalue weighted by Crippen LogP contribution is 2.23. The summed E-state index contributed by atoms with van der Waals surface area (Å²) in [5.74, 6) is 0.618. The Kier molecular flexibility index (Phi) is 4.53. The summed E-state index contributed by atoms with van der Waals surface area (Å²) in [5, 5.41) is 3.50. The van der Waals surface area contributed by atoms with E-state index in [1.807, 2.05) is 19.2 Å². The molecule has 0 amide bonds. The molecule has 2 aromatic rings. The Bertz CT molecular complexity index is 523. The first-order chi connectivity index (χ1) is 9.20. The molecule has 0 bridgehead atoms. The fourth-order valence-electron chi connectivity index (χ4n) is 2.27. The fraction of sp³-hybridized carbons (Fsp3) is 0.312. The van der Waals surface area contributed by atoms with Crippen LogP contribution in [-0.4, -0.2) is 11.5 Å². The number of nitrogen functional groups attached to an aromatic ring is 1. The molecular weight excluding hydrogens is 234 g/mol. The molecule has 0 saturated heterocycles. The topological polar surface area (TPSA) is 50.9 Å². The molecule has 2 rings (SSSR count). The lowest BCUT2D eigenvalue weighted by Gasteiger charge is -2.20. The van der Waals surface area contributed by atoms with Crippen LogP contribution < -0.4 is 11.1 Å². The average Bonchev–Trinajstić information content (AvgIpc) is 2.42. The number of aromatic nitrogens is 1. The maximum Gasteiger partial charge on any atom is 0.128 e. The molecule has 0 spiro atoms. The normalized spacial score (nSPS) is 12.3. The molecular formula is C16H21N3. The number of hydrogen-bond donors (Lipinski definition) is 2. The number of nitrogens with two attached hydrogens (primary N) is 1. The zero-order valence-corrected chi connectivity index (χ0v) is 11.6. The lowest BCUT2D eigenvalue weighted by molar-refractivity contribution is 0.549. The van der Waals surface area contributed by atoms with Crippen molar-refractivity contribution in [1.29, 1.82) is 0 Å². The maximum atomic E-state index is 6.02. The van der Waals surface area contributed by atoms with Gasteiger partial charge in [-0.15, -0.1) is 0 Å². The minimum absolute atomic E-state index is 0.208. The average molecular weight is 255 g/mol. The van der Waals surface area contributed by atoms with Crippen LogP contribution in [0.25, 0.3) is 0 Å². The monoisotopic (exact) mass is 255 g/mol. The largest absolute Gasteiger partial charge is 0.383 e. The van der Waals surface area contributed by atoms with Crippen LogP contribution in [0.2, 0.25) is 0 Å². The molecule has 0 saturated carbocycles. The number of pyridine rings is 1. The molecule has 1 atom stereocenters. The Morgan fingerprint density at radius 1 is 1.26 bits per heavy atom. The van der Waals surface area contributed by atoms with Crippen molar-refractivity contribution in [2.45, 2.75) is 26.3 Å². The molecule has 19 heavy (non-hydrogen) atoms. The van der Waals surface area contributed by atoms with Gasteiger partial charge in [-0.2, -0.15) is 0 Å². The van der Waals surface area contributed by atoms with Gasteiger partial charge in [0.05, 0.1) is 0 Å². The van der Waals surface area contributed by atoms with Crippen LogP contribution in [0.4, 0.5) is 5.82 Å². The van der Waals surface area contributed by atoms with E-state index in [0.717, 1.165) is 24.1 Å². The van der Waals surface area contributed by atoms with Gasteiger partial charge in [-0.25, -0.2) is 4.98 Å². The summed E-state index contributed by atoms with van der Waals surface area (Å²) < 4.78 is 0. The van der Waals surface area contributed by atoms with Gasteiger partial charge < -0.3 is 11.1 Å². The second-order valence-electron chi connectivity index (χ2n) is 4.79. The van der Waals surface area contributed by atoms with Crippen molar-refractivity contribution in [3.8, 4) is 0 Å². The molecule has 0 radical (unpaired) electrons. The number of aryl methyl sites for hydroxylation is 1. The Hall–Kier alpha value is -1.87. The summed E-state index contributed by atoms with van der Waals surface area (Å²) in [6.07, 6.45) is 2.73. The number of benzene rings is 1. The van der Waals surface area contributed by atoms with Crippen molar-refractivity contribution >= 4 is 5.82 Å². The van der Waals surface area contributed by atoms with Gasteiger partial charge in [0, 0.05) is 17.8 Å². The van der Waals surface area contributed by atoms with Gasteiger partial charge in [-0.1, -0.05) is 37.3 Å². The third-order valence-electron chi connectivity index (χ3n) is 3.19. The first kappa shape index (κ1) is 13.6. The van der Waals surface area contributed by atoms with E-state index in [1.54, 1.807) is 0 Å². The first-order valence-corrected chi connectivity index (χ1v) is 6.70. The molecule has 0 aliphatic carbocycles. The second kappa shape index (κ2) is 6.34. The highest BCUT2D eigenvalue weighted by Gasteiger charge is 2.15. The molecule has 1 aromatic heterocycles. The number of rotatable bonds is 5. The fourth-order valence-corrected chi connectivity index (χ4v) is 2.27. The van der Waals surface area contributed by atoms with Crippen LogP contribution in [0.3, 0.4) is 0 Å². The van der Waals surface area contributed by atoms with Crippen molar-refractivity contribution in [2.24, 2.45) is 0 Å². The van der Waals surface area contributed by atoms with Crippen LogP contribution in [0.1, 0.15) is 29.7 Å². The maximum absolute atomic E-state index is 6.02. The summed E-state index contributed by atoms with van der Waals surface area (Å²) in [4.78, 5) is 4.26. The predicted octanol–water partition coefficient (Wildman–Crippen LogP) is 2.87. The summed E-state index contributed by atoms with van der Waals surface area (Å²) in [5.41, 5.74) is 9.55. The number of anilines is 1. The lowest BCUT2D eigenvalue weighted by atomic mass is 9.98. The summed E-state index contributed by atoms with van der Waals surface area (Å²) in [6, 6.07) is 12.8. The third kappa shape index (κ3) is 3.55. The highest BCUT2D eigenvalue weighted by atomic mass is 14.9. The SMILES string of the molecule is CCNC(Cc1ccccc1)c1cc(C)cnc1N. The van der Waals surface area contributed by atoms with Gasteiger partial charge in [0.1, 0.15) is 5.82 Å². The number of nitrogens with one attached hydrogen (secondary N) is 1. The molecule has 3 N–H and O–H groups in total. The van der Waals surface area contributed by atoms with Crippen molar-refractivity contribution in [2.75, 3.05) is 12.3 Å². The van der Waals surface area contributed by atoms with E-state index in [4.69, 9.17) is 5.73 Å². The molecule has 3 heteroatoms. The molecule has 1 aromatic carbocycles. The van der Waals surface area contributed by atoms with Gasteiger partial charge in [0.15, 0.2) is 0 Å². The minimum Gasteiger partial charge on any atom is -0.383 e. The highest BCUT2D eigenvalue weighted by molar-refractivity contribution is 5.43. The first-order valence-electron chi connectivity index (χ1n) is 6.70. The Labute approximate surface area is 114 Å². The van der Waals surface area contributed by atoms with E-state index in [-0.39, 0.29) is 6.04 Å². The van der Waals surface area contributed by atoms with Crippen LogP contribution >= 0.6 is 0 Å². The van der Waals surface area contributed by atoms with Gasteiger partial charge >= 0.3 is 0 Å². The number of likely N-dealkylation sites (N-methyl/N-ethyl adjacent to an activating group) is 1. The van der Waals surface area contributed by atoms with E-state index >= 15 is 0 Å². The Morgan fingerprint density at radius 2 is 2.00 bits per heavy atom. The van der Waals surface area contributed by atoms with E-state index in [1.165, 1.54) is 5.56 Å². The summed E-state index contributed by atoms with van der Waals surface area (Å²) in [6.45, 7) is 5.06. The Morgan fingerprint density at radius 3 is 2.68 bits per heavy atom. The van der Waals surface area contributed by atoms with Gasteiger partial charge in [-0.05, 0) is 37.1 Å². The van der Waals surface area contributed by atoms with Crippen molar-refractivity contribution in [3.05, 3.63) is 59.3 Å². The third-order valence-corrected chi connectivity index (χ3v) is 3.19. The number of hydrogen-bond acceptors (Lipinski definition) is 3. The summed E-state index contributed by atoms with van der Waals surface area (Å²) in [7, 11) is 0. The van der Waals surface area contributed by atoms with E-state index in [9.17, 15) is 0 Å². The van der Waals surface area contributed by atoms with Crippen LogP contribution in [0.5, 0.6) is 0 Å².